The first-order valence-electron chi connectivity index (χ1n) is 7.46. The minimum atomic E-state index is 0.560. The lowest BCUT2D eigenvalue weighted by molar-refractivity contribution is 0.311. The van der Waals surface area contributed by atoms with Crippen LogP contribution in [0.2, 0.25) is 5.15 Å². The Morgan fingerprint density at radius 2 is 1.95 bits per heavy atom. The number of aromatic nitrogens is 2. The molecule has 3 rings (SSSR count). The van der Waals surface area contributed by atoms with Gasteiger partial charge in [0.15, 0.2) is 0 Å². The molecule has 1 saturated heterocycles. The lowest BCUT2D eigenvalue weighted by Crippen LogP contribution is -2.45. The Hall–Kier alpha value is -0.720. The normalized spacial score (nSPS) is 19.9. The predicted octanol–water partition coefficient (Wildman–Crippen LogP) is 2.43. The van der Waals surface area contributed by atoms with Gasteiger partial charge in [0.25, 0.3) is 0 Å². The average molecular weight is 328 g/mol. The summed E-state index contributed by atoms with van der Waals surface area (Å²) >= 11 is 7.97. The topological polar surface area (TPSA) is 44.3 Å². The number of likely N-dealkylation sites (N-methyl/N-ethyl adjacent to an activating group) is 1. The summed E-state index contributed by atoms with van der Waals surface area (Å²) in [6.07, 6.45) is 4.67. The highest BCUT2D eigenvalue weighted by atomic mass is 35.5. The van der Waals surface area contributed by atoms with E-state index in [1.54, 1.807) is 11.8 Å². The van der Waals surface area contributed by atoms with Crippen molar-refractivity contribution in [2.24, 2.45) is 5.92 Å². The molecule has 0 aromatic carbocycles. The molecule has 1 aromatic rings. The molecule has 1 N–H and O–H groups in total. The zero-order chi connectivity index (χ0) is 14.8. The third-order valence-electron chi connectivity index (χ3n) is 4.06. The van der Waals surface area contributed by atoms with E-state index in [1.807, 2.05) is 6.26 Å². The maximum absolute atomic E-state index is 6.36. The van der Waals surface area contributed by atoms with Crippen LogP contribution in [0.4, 0.5) is 11.8 Å². The van der Waals surface area contributed by atoms with Crippen molar-refractivity contribution in [2.45, 2.75) is 17.7 Å². The second kappa shape index (κ2) is 6.58. The van der Waals surface area contributed by atoms with Crippen molar-refractivity contribution in [1.82, 2.24) is 14.9 Å². The molecule has 5 nitrogen and oxygen atoms in total. The monoisotopic (exact) mass is 327 g/mol. The summed E-state index contributed by atoms with van der Waals surface area (Å²) in [4.78, 5) is 14.7. The summed E-state index contributed by atoms with van der Waals surface area (Å²) in [6, 6.07) is 0. The van der Waals surface area contributed by atoms with Crippen molar-refractivity contribution in [3.05, 3.63) is 5.15 Å². The number of halogens is 1. The number of thioether (sulfide) groups is 1. The lowest BCUT2D eigenvalue weighted by Gasteiger charge is -2.32. The molecule has 21 heavy (non-hydrogen) atoms. The van der Waals surface area contributed by atoms with Crippen molar-refractivity contribution in [3.8, 4) is 0 Å². The summed E-state index contributed by atoms with van der Waals surface area (Å²) in [5.41, 5.74) is 0. The molecule has 0 bridgehead atoms. The molecule has 2 aliphatic rings. The van der Waals surface area contributed by atoms with Crippen LogP contribution >= 0.6 is 23.4 Å². The Bertz CT molecular complexity index is 500. The van der Waals surface area contributed by atoms with Gasteiger partial charge in [-0.3, -0.25) is 0 Å². The molecule has 7 heteroatoms. The molecule has 2 heterocycles. The smallest absolute Gasteiger partial charge is 0.228 e. The molecule has 116 valence electrons. The van der Waals surface area contributed by atoms with Gasteiger partial charge in [0, 0.05) is 32.7 Å². The summed E-state index contributed by atoms with van der Waals surface area (Å²) in [5.74, 6) is 2.45. The Kier molecular flexibility index (Phi) is 4.76. The van der Waals surface area contributed by atoms with E-state index in [0.29, 0.717) is 5.15 Å². The molecule has 1 aliphatic carbocycles. The number of hydrogen-bond donors (Lipinski definition) is 1. The molecule has 0 radical (unpaired) electrons. The second-order valence-electron chi connectivity index (χ2n) is 5.81. The fourth-order valence-electron chi connectivity index (χ4n) is 2.42. The van der Waals surface area contributed by atoms with Crippen LogP contribution in [0.1, 0.15) is 12.8 Å². The highest BCUT2D eigenvalue weighted by Gasteiger charge is 2.23. The minimum Gasteiger partial charge on any atom is -0.369 e. The van der Waals surface area contributed by atoms with Crippen LogP contribution in [0.25, 0.3) is 0 Å². The van der Waals surface area contributed by atoms with Gasteiger partial charge in [-0.15, -0.1) is 11.8 Å². The SMILES string of the molecule is CSc1c(Cl)nc(N2CCN(C)CC2)nc1NCC1CC1. The average Bonchev–Trinajstić information content (AvgIpc) is 3.29. The first kappa shape index (κ1) is 15.2. The maximum atomic E-state index is 6.36. The highest BCUT2D eigenvalue weighted by molar-refractivity contribution is 7.98. The van der Waals surface area contributed by atoms with Gasteiger partial charge >= 0.3 is 0 Å². The Morgan fingerprint density at radius 3 is 2.57 bits per heavy atom. The number of nitrogens with one attached hydrogen (secondary N) is 1. The van der Waals surface area contributed by atoms with E-state index in [-0.39, 0.29) is 0 Å². The third kappa shape index (κ3) is 3.73. The highest BCUT2D eigenvalue weighted by Crippen LogP contribution is 2.34. The van der Waals surface area contributed by atoms with Crippen LogP contribution in [0.5, 0.6) is 0 Å². The second-order valence-corrected chi connectivity index (χ2v) is 6.99. The fraction of sp³-hybridized carbons (Fsp3) is 0.714. The number of anilines is 2. The standard InChI is InChI=1S/C14H22ClN5S/c1-19-5-7-20(8-6-19)14-17-12(15)11(21-2)13(18-14)16-9-10-3-4-10/h10H,3-9H2,1-2H3,(H,16,17,18). The van der Waals surface area contributed by atoms with E-state index in [0.717, 1.165) is 55.3 Å². The minimum absolute atomic E-state index is 0.560. The van der Waals surface area contributed by atoms with Crippen LogP contribution < -0.4 is 10.2 Å². The molecule has 2 fully saturated rings. The third-order valence-corrected chi connectivity index (χ3v) is 5.24. The predicted molar refractivity (Wildman–Crippen MR) is 89.7 cm³/mol. The molecule has 1 aromatic heterocycles. The van der Waals surface area contributed by atoms with E-state index in [2.05, 4.69) is 27.1 Å². The zero-order valence-electron chi connectivity index (χ0n) is 12.6. The Balaban J connectivity index is 1.79. The van der Waals surface area contributed by atoms with Crippen LogP contribution in [-0.2, 0) is 0 Å². The number of piperazine rings is 1. The molecule has 1 aliphatic heterocycles. The van der Waals surface area contributed by atoms with E-state index < -0.39 is 0 Å². The van der Waals surface area contributed by atoms with Crippen molar-refractivity contribution >= 4 is 35.1 Å². The molecule has 1 saturated carbocycles. The van der Waals surface area contributed by atoms with Crippen molar-refractivity contribution in [2.75, 3.05) is 56.2 Å². The van der Waals surface area contributed by atoms with E-state index in [1.165, 1.54) is 12.8 Å². The largest absolute Gasteiger partial charge is 0.369 e. The first-order chi connectivity index (χ1) is 10.2. The van der Waals surface area contributed by atoms with Gasteiger partial charge in [-0.05, 0) is 32.1 Å². The van der Waals surface area contributed by atoms with Crippen LogP contribution in [0.3, 0.4) is 0 Å². The molecular weight excluding hydrogens is 306 g/mol. The van der Waals surface area contributed by atoms with Crippen molar-refractivity contribution in [3.63, 3.8) is 0 Å². The quantitative estimate of drug-likeness (QED) is 0.662. The summed E-state index contributed by atoms with van der Waals surface area (Å²) < 4.78 is 0. The van der Waals surface area contributed by atoms with E-state index in [9.17, 15) is 0 Å². The first-order valence-corrected chi connectivity index (χ1v) is 9.06. The zero-order valence-corrected chi connectivity index (χ0v) is 14.2. The van der Waals surface area contributed by atoms with Crippen molar-refractivity contribution < 1.29 is 0 Å². The summed E-state index contributed by atoms with van der Waals surface area (Å²) in [6.45, 7) is 4.97. The van der Waals surface area contributed by atoms with Crippen LogP contribution in [0.15, 0.2) is 4.90 Å². The molecule has 0 atom stereocenters. The number of hydrogen-bond acceptors (Lipinski definition) is 6. The lowest BCUT2D eigenvalue weighted by atomic mass is 10.3. The van der Waals surface area contributed by atoms with E-state index >= 15 is 0 Å². The van der Waals surface area contributed by atoms with Gasteiger partial charge in [-0.2, -0.15) is 9.97 Å². The molecule has 0 unspecified atom stereocenters. The number of rotatable bonds is 5. The fourth-order valence-corrected chi connectivity index (χ4v) is 3.35. The molecule has 0 spiro atoms. The van der Waals surface area contributed by atoms with Gasteiger partial charge in [0.1, 0.15) is 11.0 Å². The van der Waals surface area contributed by atoms with E-state index in [4.69, 9.17) is 16.6 Å². The summed E-state index contributed by atoms with van der Waals surface area (Å²) in [7, 11) is 2.14. The molecule has 0 amide bonds. The van der Waals surface area contributed by atoms with Crippen LogP contribution in [-0.4, -0.2) is 60.9 Å². The van der Waals surface area contributed by atoms with Gasteiger partial charge in [0.05, 0.1) is 4.90 Å². The maximum Gasteiger partial charge on any atom is 0.228 e. The Morgan fingerprint density at radius 1 is 1.24 bits per heavy atom. The van der Waals surface area contributed by atoms with Gasteiger partial charge in [-0.1, -0.05) is 11.6 Å². The molecular formula is C14H22ClN5S. The Labute approximate surface area is 135 Å². The van der Waals surface area contributed by atoms with Gasteiger partial charge < -0.3 is 15.1 Å². The van der Waals surface area contributed by atoms with Gasteiger partial charge in [-0.25, -0.2) is 0 Å². The summed E-state index contributed by atoms with van der Waals surface area (Å²) in [5, 5.41) is 4.02. The van der Waals surface area contributed by atoms with Crippen molar-refractivity contribution in [1.29, 1.82) is 0 Å². The van der Waals surface area contributed by atoms with Crippen LogP contribution in [0, 0.1) is 5.92 Å². The number of nitrogens with zero attached hydrogens (tertiary/aromatic N) is 4. The van der Waals surface area contributed by atoms with Gasteiger partial charge in [0.2, 0.25) is 5.95 Å².